The van der Waals surface area contributed by atoms with E-state index in [1.165, 1.54) is 0 Å². The van der Waals surface area contributed by atoms with Gasteiger partial charge in [-0.3, -0.25) is 4.79 Å². The number of aromatic nitrogens is 6. The van der Waals surface area contributed by atoms with Gasteiger partial charge < -0.3 is 10.3 Å². The van der Waals surface area contributed by atoms with Gasteiger partial charge in [0.25, 0.3) is 5.56 Å². The lowest BCUT2D eigenvalue weighted by Gasteiger charge is -2.05. The monoisotopic (exact) mass is 333 g/mol. The first-order valence-electron chi connectivity index (χ1n) is 7.73. The number of benzene rings is 1. The van der Waals surface area contributed by atoms with E-state index >= 15 is 0 Å². The Labute approximate surface area is 142 Å². The molecule has 4 aromatic rings. The molecular formula is C17H15N7O. The lowest BCUT2D eigenvalue weighted by Crippen LogP contribution is -2.12. The summed E-state index contributed by atoms with van der Waals surface area (Å²) in [7, 11) is 1.75. The number of imidazole rings is 1. The van der Waals surface area contributed by atoms with E-state index in [-0.39, 0.29) is 5.56 Å². The average molecular weight is 333 g/mol. The molecule has 0 aliphatic carbocycles. The fourth-order valence-corrected chi connectivity index (χ4v) is 2.60. The summed E-state index contributed by atoms with van der Waals surface area (Å²) in [6, 6.07) is 11.1. The number of nitrogens with zero attached hydrogens (tertiary/aromatic N) is 4. The number of nitrogens with one attached hydrogen (secondary N) is 3. The average Bonchev–Trinajstić information content (AvgIpc) is 3.05. The first-order chi connectivity index (χ1) is 12.1. The number of para-hydroxylation sites is 2. The van der Waals surface area contributed by atoms with Crippen molar-refractivity contribution in [3.8, 4) is 22.8 Å². The zero-order valence-electron chi connectivity index (χ0n) is 13.7. The Bertz CT molecular complexity index is 1100. The maximum atomic E-state index is 12.2. The van der Waals surface area contributed by atoms with Gasteiger partial charge in [-0.15, -0.1) is 0 Å². The maximum absolute atomic E-state index is 12.2. The van der Waals surface area contributed by atoms with Gasteiger partial charge in [0.1, 0.15) is 11.5 Å². The first kappa shape index (κ1) is 15.0. The Morgan fingerprint density at radius 3 is 2.68 bits per heavy atom. The summed E-state index contributed by atoms with van der Waals surface area (Å²) < 4.78 is 0. The molecule has 0 saturated heterocycles. The third kappa shape index (κ3) is 2.74. The highest BCUT2D eigenvalue weighted by molar-refractivity contribution is 5.79. The molecule has 0 unspecified atom stereocenters. The van der Waals surface area contributed by atoms with Crippen LogP contribution in [-0.4, -0.2) is 37.2 Å². The van der Waals surface area contributed by atoms with E-state index in [1.54, 1.807) is 13.1 Å². The van der Waals surface area contributed by atoms with Gasteiger partial charge in [0.05, 0.1) is 22.3 Å². The number of aryl methyl sites for hydroxylation is 1. The molecule has 0 saturated carbocycles. The molecule has 0 fully saturated rings. The molecule has 1 aromatic carbocycles. The van der Waals surface area contributed by atoms with Crippen LogP contribution in [-0.2, 0) is 0 Å². The van der Waals surface area contributed by atoms with Crippen molar-refractivity contribution >= 4 is 17.0 Å². The SMILES string of the molecule is CNc1nc(C)cc(-c2cc(-c3nc4ccccc4[nH]3)c(=O)[nH]n2)n1. The fraction of sp³-hybridized carbons (Fsp3) is 0.118. The Kier molecular flexibility index (Phi) is 3.50. The van der Waals surface area contributed by atoms with Crippen LogP contribution in [0.4, 0.5) is 5.95 Å². The number of fused-ring (bicyclic) bond motifs is 1. The van der Waals surface area contributed by atoms with Crippen molar-refractivity contribution in [3.63, 3.8) is 0 Å². The van der Waals surface area contributed by atoms with Crippen molar-refractivity contribution in [2.45, 2.75) is 6.92 Å². The van der Waals surface area contributed by atoms with Crippen LogP contribution >= 0.6 is 0 Å². The number of hydrogen-bond acceptors (Lipinski definition) is 6. The van der Waals surface area contributed by atoms with Crippen LogP contribution in [0.5, 0.6) is 0 Å². The van der Waals surface area contributed by atoms with Crippen LogP contribution < -0.4 is 10.9 Å². The second-order valence-corrected chi connectivity index (χ2v) is 5.57. The smallest absolute Gasteiger partial charge is 0.275 e. The van der Waals surface area contributed by atoms with Gasteiger partial charge in [-0.05, 0) is 31.2 Å². The highest BCUT2D eigenvalue weighted by Crippen LogP contribution is 2.22. The largest absolute Gasteiger partial charge is 0.357 e. The molecule has 0 aliphatic rings. The normalized spacial score (nSPS) is 11.0. The lowest BCUT2D eigenvalue weighted by atomic mass is 10.2. The van der Waals surface area contributed by atoms with Crippen LogP contribution in [0.2, 0.25) is 0 Å². The van der Waals surface area contributed by atoms with Crippen LogP contribution in [0, 0.1) is 6.92 Å². The summed E-state index contributed by atoms with van der Waals surface area (Å²) in [5.41, 5.74) is 3.71. The van der Waals surface area contributed by atoms with Crippen LogP contribution in [0.25, 0.3) is 33.8 Å². The van der Waals surface area contributed by atoms with Crippen molar-refractivity contribution in [3.05, 3.63) is 52.4 Å². The molecule has 0 bridgehead atoms. The van der Waals surface area contributed by atoms with Crippen molar-refractivity contribution in [2.75, 3.05) is 12.4 Å². The Morgan fingerprint density at radius 2 is 1.88 bits per heavy atom. The second kappa shape index (κ2) is 5.82. The first-order valence-corrected chi connectivity index (χ1v) is 7.73. The molecule has 25 heavy (non-hydrogen) atoms. The van der Waals surface area contributed by atoms with Gasteiger partial charge in [-0.1, -0.05) is 12.1 Å². The Hall–Kier alpha value is -3.55. The fourth-order valence-electron chi connectivity index (χ4n) is 2.60. The molecule has 3 heterocycles. The number of aromatic amines is 2. The van der Waals surface area contributed by atoms with Crippen LogP contribution in [0.3, 0.4) is 0 Å². The minimum absolute atomic E-state index is 0.317. The van der Waals surface area contributed by atoms with E-state index in [4.69, 9.17) is 0 Å². The van der Waals surface area contributed by atoms with E-state index in [2.05, 4.69) is 35.5 Å². The van der Waals surface area contributed by atoms with E-state index < -0.39 is 0 Å². The molecule has 8 nitrogen and oxygen atoms in total. The summed E-state index contributed by atoms with van der Waals surface area (Å²) in [5.74, 6) is 0.985. The van der Waals surface area contributed by atoms with Gasteiger partial charge in [-0.25, -0.2) is 20.1 Å². The molecule has 4 rings (SSSR count). The minimum atomic E-state index is -0.317. The predicted octanol–water partition coefficient (Wildman–Crippen LogP) is 2.12. The van der Waals surface area contributed by atoms with Gasteiger partial charge >= 0.3 is 0 Å². The molecule has 8 heteroatoms. The molecule has 3 aromatic heterocycles. The predicted molar refractivity (Wildman–Crippen MR) is 95.3 cm³/mol. The summed E-state index contributed by atoms with van der Waals surface area (Å²) in [6.07, 6.45) is 0. The van der Waals surface area contributed by atoms with Crippen LogP contribution in [0.15, 0.2) is 41.2 Å². The Morgan fingerprint density at radius 1 is 1.04 bits per heavy atom. The molecule has 0 aliphatic heterocycles. The van der Waals surface area contributed by atoms with Crippen LogP contribution in [0.1, 0.15) is 5.69 Å². The molecule has 0 amide bonds. The van der Waals surface area contributed by atoms with Gasteiger partial charge in [-0.2, -0.15) is 5.10 Å². The van der Waals surface area contributed by atoms with Gasteiger partial charge in [0.2, 0.25) is 5.95 Å². The van der Waals surface area contributed by atoms with E-state index in [0.717, 1.165) is 16.7 Å². The summed E-state index contributed by atoms with van der Waals surface area (Å²) in [6.45, 7) is 1.87. The zero-order chi connectivity index (χ0) is 17.4. The maximum Gasteiger partial charge on any atom is 0.275 e. The molecule has 0 atom stereocenters. The number of anilines is 1. The number of hydrogen-bond donors (Lipinski definition) is 3. The molecule has 0 radical (unpaired) electrons. The van der Waals surface area contributed by atoms with Gasteiger partial charge in [0.15, 0.2) is 0 Å². The number of rotatable bonds is 3. The van der Waals surface area contributed by atoms with E-state index in [9.17, 15) is 4.79 Å². The zero-order valence-corrected chi connectivity index (χ0v) is 13.7. The highest BCUT2D eigenvalue weighted by atomic mass is 16.1. The topological polar surface area (TPSA) is 112 Å². The van der Waals surface area contributed by atoms with Crippen molar-refractivity contribution in [1.82, 2.24) is 30.1 Å². The van der Waals surface area contributed by atoms with Crippen molar-refractivity contribution in [1.29, 1.82) is 0 Å². The third-order valence-electron chi connectivity index (χ3n) is 3.79. The van der Waals surface area contributed by atoms with Gasteiger partial charge in [0, 0.05) is 12.7 Å². The molecule has 124 valence electrons. The molecule has 3 N–H and O–H groups in total. The van der Waals surface area contributed by atoms with Crippen molar-refractivity contribution < 1.29 is 0 Å². The molecule has 0 spiro atoms. The summed E-state index contributed by atoms with van der Waals surface area (Å²) >= 11 is 0. The lowest BCUT2D eigenvalue weighted by molar-refractivity contribution is 0.981. The minimum Gasteiger partial charge on any atom is -0.357 e. The van der Waals surface area contributed by atoms with E-state index in [0.29, 0.717) is 28.7 Å². The molecular weight excluding hydrogens is 318 g/mol. The standard InChI is InChI=1S/C17H15N7O/c1-9-7-13(22-17(18-2)19-9)14-8-10(16(25)24-23-14)15-20-11-5-3-4-6-12(11)21-15/h3-8H,1-2H3,(H,20,21)(H,24,25)(H,18,19,22). The Balaban J connectivity index is 1.86. The number of H-pyrrole nitrogens is 2. The second-order valence-electron chi connectivity index (χ2n) is 5.57. The summed E-state index contributed by atoms with van der Waals surface area (Å²) in [5, 5.41) is 9.54. The quantitative estimate of drug-likeness (QED) is 0.529. The van der Waals surface area contributed by atoms with Crippen molar-refractivity contribution in [2.24, 2.45) is 0 Å². The van der Waals surface area contributed by atoms with E-state index in [1.807, 2.05) is 37.3 Å². The highest BCUT2D eigenvalue weighted by Gasteiger charge is 2.13. The summed E-state index contributed by atoms with van der Waals surface area (Å²) in [4.78, 5) is 28.5. The third-order valence-corrected chi connectivity index (χ3v) is 3.79.